The van der Waals surface area contributed by atoms with Gasteiger partial charge in [-0.1, -0.05) is 18.6 Å². The molecule has 2 aromatic rings. The molecule has 0 spiro atoms. The number of aliphatic imine (C=N–C) groups is 1. The zero-order valence-electron chi connectivity index (χ0n) is 19.7. The monoisotopic (exact) mass is 554 g/mol. The molecule has 1 aromatic heterocycles. The number of halogens is 1. The second-order valence-electron chi connectivity index (χ2n) is 8.16. The molecule has 1 saturated heterocycles. The quantitative estimate of drug-likeness (QED) is 0.203. The van der Waals surface area contributed by atoms with Crippen LogP contribution in [0.3, 0.4) is 0 Å². The second-order valence-corrected chi connectivity index (χ2v) is 8.16. The number of hydrogen-bond acceptors (Lipinski definition) is 4. The number of nitrogens with zero attached hydrogens (tertiary/aromatic N) is 4. The van der Waals surface area contributed by atoms with Crippen molar-refractivity contribution in [1.82, 2.24) is 25.3 Å². The number of nitrogens with one attached hydrogen (secondary N) is 2. The number of guanidine groups is 1. The summed E-state index contributed by atoms with van der Waals surface area (Å²) < 4.78 is 7.20. The molecule has 1 atom stereocenters. The molecule has 2 heterocycles. The van der Waals surface area contributed by atoms with Crippen molar-refractivity contribution in [2.75, 3.05) is 39.8 Å². The van der Waals surface area contributed by atoms with E-state index in [2.05, 4.69) is 58.0 Å². The predicted molar refractivity (Wildman–Crippen MR) is 142 cm³/mol. The molecule has 1 aliphatic rings. The Morgan fingerprint density at radius 3 is 2.53 bits per heavy atom. The summed E-state index contributed by atoms with van der Waals surface area (Å²) in [6.07, 6.45) is 9.95. The summed E-state index contributed by atoms with van der Waals surface area (Å²) in [6, 6.07) is 8.76. The first kappa shape index (κ1) is 26.4. The van der Waals surface area contributed by atoms with Gasteiger partial charge in [0, 0.05) is 26.3 Å². The average molecular weight is 555 g/mol. The van der Waals surface area contributed by atoms with Gasteiger partial charge in [-0.15, -0.1) is 24.0 Å². The molecule has 0 bridgehead atoms. The van der Waals surface area contributed by atoms with Gasteiger partial charge in [0.2, 0.25) is 0 Å². The highest BCUT2D eigenvalue weighted by atomic mass is 127. The van der Waals surface area contributed by atoms with E-state index in [4.69, 9.17) is 9.73 Å². The summed E-state index contributed by atoms with van der Waals surface area (Å²) in [5, 5.41) is 11.1. The molecule has 32 heavy (non-hydrogen) atoms. The molecule has 178 valence electrons. The number of methoxy groups -OCH3 is 1. The third-order valence-corrected chi connectivity index (χ3v) is 5.79. The Morgan fingerprint density at radius 1 is 1.16 bits per heavy atom. The Morgan fingerprint density at radius 2 is 1.91 bits per heavy atom. The maximum atomic E-state index is 5.35. The number of hydrogen-bond donors (Lipinski definition) is 2. The summed E-state index contributed by atoms with van der Waals surface area (Å²) in [5.41, 5.74) is 2.58. The smallest absolute Gasteiger partial charge is 0.191 e. The number of likely N-dealkylation sites (tertiary alicyclic amines) is 1. The van der Waals surface area contributed by atoms with Gasteiger partial charge in [-0.25, -0.2) is 0 Å². The number of aryl methyl sites for hydroxylation is 2. The third kappa shape index (κ3) is 8.27. The van der Waals surface area contributed by atoms with E-state index in [0.29, 0.717) is 0 Å². The van der Waals surface area contributed by atoms with E-state index in [1.54, 1.807) is 7.11 Å². The van der Waals surface area contributed by atoms with E-state index in [0.717, 1.165) is 57.3 Å². The molecule has 0 amide bonds. The largest absolute Gasteiger partial charge is 0.497 e. The summed E-state index contributed by atoms with van der Waals surface area (Å²) >= 11 is 0. The summed E-state index contributed by atoms with van der Waals surface area (Å²) in [6.45, 7) is 6.87. The first-order valence-corrected chi connectivity index (χ1v) is 11.6. The van der Waals surface area contributed by atoms with Crippen molar-refractivity contribution in [2.45, 2.75) is 45.1 Å². The molecule has 2 N–H and O–H groups in total. The van der Waals surface area contributed by atoms with Crippen LogP contribution in [0.1, 0.15) is 49.8 Å². The van der Waals surface area contributed by atoms with Gasteiger partial charge in [0.15, 0.2) is 5.96 Å². The number of rotatable bonds is 10. The fraction of sp³-hybridized carbons (Fsp3) is 0.583. The fourth-order valence-corrected chi connectivity index (χ4v) is 4.11. The lowest BCUT2D eigenvalue weighted by Gasteiger charge is -2.34. The predicted octanol–water partition coefficient (Wildman–Crippen LogP) is 3.76. The number of aromatic nitrogens is 2. The van der Waals surface area contributed by atoms with Crippen LogP contribution in [0.4, 0.5) is 0 Å². The van der Waals surface area contributed by atoms with Crippen molar-refractivity contribution >= 4 is 29.9 Å². The molecular formula is C24H39IN6O. The minimum Gasteiger partial charge on any atom is -0.497 e. The molecule has 1 fully saturated rings. The van der Waals surface area contributed by atoms with Crippen LogP contribution >= 0.6 is 24.0 Å². The van der Waals surface area contributed by atoms with Crippen LogP contribution in [0, 0.1) is 0 Å². The first-order chi connectivity index (χ1) is 15.2. The van der Waals surface area contributed by atoms with Crippen LogP contribution in [0.25, 0.3) is 0 Å². The highest BCUT2D eigenvalue weighted by Crippen LogP contribution is 2.26. The van der Waals surface area contributed by atoms with Crippen molar-refractivity contribution in [3.05, 3.63) is 47.8 Å². The Labute approximate surface area is 210 Å². The van der Waals surface area contributed by atoms with Gasteiger partial charge in [0.25, 0.3) is 0 Å². The van der Waals surface area contributed by atoms with Crippen LogP contribution in [-0.2, 0) is 13.5 Å². The standard InChI is InChI=1S/C24H38N6O.HI/c1-4-25-24(26-14-8-9-20-17-28-29(2)19-20)27-18-23(30-15-6-5-7-16-30)21-10-12-22(31-3)13-11-21;/h10-13,17,19,23H,4-9,14-16,18H2,1-3H3,(H2,25,26,27);1H. The van der Waals surface area contributed by atoms with E-state index in [1.807, 2.05) is 17.9 Å². The van der Waals surface area contributed by atoms with Gasteiger partial charge in [0.05, 0.1) is 25.9 Å². The van der Waals surface area contributed by atoms with Gasteiger partial charge in [0.1, 0.15) is 5.75 Å². The summed E-state index contributed by atoms with van der Waals surface area (Å²) in [5.74, 6) is 1.79. The van der Waals surface area contributed by atoms with Crippen LogP contribution in [0.15, 0.2) is 41.7 Å². The first-order valence-electron chi connectivity index (χ1n) is 11.6. The molecule has 7 nitrogen and oxygen atoms in total. The maximum Gasteiger partial charge on any atom is 0.191 e. The Hall–Kier alpha value is -1.81. The van der Waals surface area contributed by atoms with E-state index in [-0.39, 0.29) is 30.0 Å². The van der Waals surface area contributed by atoms with Gasteiger partial charge >= 0.3 is 0 Å². The number of piperidine rings is 1. The molecule has 1 unspecified atom stereocenters. The van der Waals surface area contributed by atoms with Crippen LogP contribution in [0.2, 0.25) is 0 Å². The minimum atomic E-state index is 0. The van der Waals surface area contributed by atoms with E-state index >= 15 is 0 Å². The lowest BCUT2D eigenvalue weighted by atomic mass is 10.0. The van der Waals surface area contributed by atoms with Crippen molar-refractivity contribution in [1.29, 1.82) is 0 Å². The second kappa shape index (κ2) is 14.4. The highest BCUT2D eigenvalue weighted by molar-refractivity contribution is 14.0. The van der Waals surface area contributed by atoms with E-state index in [9.17, 15) is 0 Å². The van der Waals surface area contributed by atoms with Gasteiger partial charge in [-0.2, -0.15) is 5.10 Å². The van der Waals surface area contributed by atoms with Crippen molar-refractivity contribution in [2.24, 2.45) is 12.0 Å². The molecule has 8 heteroatoms. The Bertz CT molecular complexity index is 801. The number of benzene rings is 1. The average Bonchev–Trinajstić information content (AvgIpc) is 3.22. The molecule has 3 rings (SSSR count). The normalized spacial score (nSPS) is 15.7. The Kier molecular flexibility index (Phi) is 11.9. The van der Waals surface area contributed by atoms with E-state index in [1.165, 1.54) is 30.4 Å². The van der Waals surface area contributed by atoms with Crippen molar-refractivity contribution < 1.29 is 4.74 Å². The summed E-state index contributed by atoms with van der Waals surface area (Å²) in [7, 11) is 3.67. The zero-order chi connectivity index (χ0) is 21.9. The SMILES string of the molecule is CCNC(=NCC(c1ccc(OC)cc1)N1CCCCC1)NCCCc1cnn(C)c1.I. The van der Waals surface area contributed by atoms with Gasteiger partial charge < -0.3 is 15.4 Å². The Balaban J connectivity index is 0.00000363. The van der Waals surface area contributed by atoms with Crippen LogP contribution in [-0.4, -0.2) is 60.5 Å². The zero-order valence-corrected chi connectivity index (χ0v) is 22.0. The molecule has 0 saturated carbocycles. The highest BCUT2D eigenvalue weighted by Gasteiger charge is 2.22. The summed E-state index contributed by atoms with van der Waals surface area (Å²) in [4.78, 5) is 7.55. The molecule has 0 radical (unpaired) electrons. The van der Waals surface area contributed by atoms with Gasteiger partial charge in [-0.05, 0) is 69.0 Å². The maximum absolute atomic E-state index is 5.35. The molecule has 1 aromatic carbocycles. The topological polar surface area (TPSA) is 66.7 Å². The van der Waals surface area contributed by atoms with Crippen LogP contribution in [0.5, 0.6) is 5.75 Å². The van der Waals surface area contributed by atoms with Crippen LogP contribution < -0.4 is 15.4 Å². The third-order valence-electron chi connectivity index (χ3n) is 5.79. The van der Waals surface area contributed by atoms with Crippen molar-refractivity contribution in [3.8, 4) is 5.75 Å². The molecule has 1 aliphatic heterocycles. The lowest BCUT2D eigenvalue weighted by molar-refractivity contribution is 0.167. The van der Waals surface area contributed by atoms with Gasteiger partial charge in [-0.3, -0.25) is 14.6 Å². The lowest BCUT2D eigenvalue weighted by Crippen LogP contribution is -2.40. The van der Waals surface area contributed by atoms with E-state index < -0.39 is 0 Å². The molecule has 0 aliphatic carbocycles. The minimum absolute atomic E-state index is 0. The van der Waals surface area contributed by atoms with Crippen molar-refractivity contribution in [3.63, 3.8) is 0 Å². The fourth-order valence-electron chi connectivity index (χ4n) is 4.11. The molecular weight excluding hydrogens is 515 g/mol. The number of ether oxygens (including phenoxy) is 1.